The molecule has 116 valence electrons. The predicted molar refractivity (Wildman–Crippen MR) is 85.5 cm³/mol. The molecule has 0 fully saturated rings. The molecule has 1 aromatic rings. The van der Waals surface area contributed by atoms with Crippen LogP contribution in [0.15, 0.2) is 24.3 Å². The largest absolute Gasteiger partial charge is 0.382 e. The summed E-state index contributed by atoms with van der Waals surface area (Å²) >= 11 is 0. The lowest BCUT2D eigenvalue weighted by Gasteiger charge is -2.20. The lowest BCUT2D eigenvalue weighted by Crippen LogP contribution is -2.38. The predicted octanol–water partition coefficient (Wildman–Crippen LogP) is 2.11. The van der Waals surface area contributed by atoms with Crippen molar-refractivity contribution >= 4 is 17.5 Å². The Kier molecular flexibility index (Phi) is 6.72. The number of hydrogen-bond acceptors (Lipinski definition) is 3. The minimum atomic E-state index is -0.162. The van der Waals surface area contributed by atoms with E-state index in [1.165, 1.54) is 4.90 Å². The number of carbonyl (C=O) groups is 2. The minimum Gasteiger partial charge on any atom is -0.382 e. The van der Waals surface area contributed by atoms with Crippen LogP contribution < -0.4 is 10.6 Å². The molecule has 1 aromatic carbocycles. The molecule has 2 N–H and O–H groups in total. The summed E-state index contributed by atoms with van der Waals surface area (Å²) in [5, 5.41) is 6.02. The number of para-hydroxylation sites is 1. The number of amides is 2. The lowest BCUT2D eigenvalue weighted by atomic mass is 10.1. The Morgan fingerprint density at radius 3 is 2.52 bits per heavy atom. The minimum absolute atomic E-state index is 0.0643. The second kappa shape index (κ2) is 8.29. The van der Waals surface area contributed by atoms with Gasteiger partial charge in [-0.05, 0) is 32.4 Å². The Labute approximate surface area is 126 Å². The molecule has 0 saturated carbocycles. The number of likely N-dealkylation sites (N-methyl/N-ethyl adjacent to an activating group) is 1. The van der Waals surface area contributed by atoms with Gasteiger partial charge in [0, 0.05) is 25.3 Å². The zero-order valence-corrected chi connectivity index (χ0v) is 13.3. The highest BCUT2D eigenvalue weighted by atomic mass is 16.2. The second-order valence-electron chi connectivity index (χ2n) is 5.36. The third-order valence-electron chi connectivity index (χ3n) is 2.90. The molecular formula is C16H25N3O2. The fourth-order valence-corrected chi connectivity index (χ4v) is 1.92. The van der Waals surface area contributed by atoms with Crippen molar-refractivity contribution in [1.82, 2.24) is 10.2 Å². The average molecular weight is 291 g/mol. The van der Waals surface area contributed by atoms with E-state index in [0.717, 1.165) is 12.1 Å². The van der Waals surface area contributed by atoms with E-state index in [1.54, 1.807) is 13.1 Å². The van der Waals surface area contributed by atoms with Crippen molar-refractivity contribution in [1.29, 1.82) is 0 Å². The number of anilines is 1. The molecule has 0 aliphatic carbocycles. The Morgan fingerprint density at radius 1 is 1.24 bits per heavy atom. The zero-order chi connectivity index (χ0) is 15.8. The highest BCUT2D eigenvalue weighted by Gasteiger charge is 2.17. The normalized spacial score (nSPS) is 10.3. The summed E-state index contributed by atoms with van der Waals surface area (Å²) in [5.41, 5.74) is 1.37. The first kappa shape index (κ1) is 17.0. The van der Waals surface area contributed by atoms with Gasteiger partial charge in [-0.3, -0.25) is 9.59 Å². The van der Waals surface area contributed by atoms with Crippen LogP contribution in [0.5, 0.6) is 0 Å². The van der Waals surface area contributed by atoms with Crippen molar-refractivity contribution in [2.45, 2.75) is 33.2 Å². The van der Waals surface area contributed by atoms with Crippen molar-refractivity contribution < 1.29 is 9.59 Å². The highest BCUT2D eigenvalue weighted by molar-refractivity contribution is 6.01. The van der Waals surface area contributed by atoms with E-state index in [1.807, 2.05) is 39.0 Å². The Bertz CT molecular complexity index is 486. The van der Waals surface area contributed by atoms with Crippen molar-refractivity contribution in [2.24, 2.45) is 0 Å². The van der Waals surface area contributed by atoms with Gasteiger partial charge < -0.3 is 15.5 Å². The van der Waals surface area contributed by atoms with Gasteiger partial charge in [-0.15, -0.1) is 0 Å². The first-order valence-electron chi connectivity index (χ1n) is 7.33. The summed E-state index contributed by atoms with van der Waals surface area (Å²) < 4.78 is 0. The van der Waals surface area contributed by atoms with Crippen LogP contribution in [0.2, 0.25) is 0 Å². The third-order valence-corrected chi connectivity index (χ3v) is 2.90. The molecule has 0 spiro atoms. The smallest absolute Gasteiger partial charge is 0.256 e. The maximum absolute atomic E-state index is 12.5. The monoisotopic (exact) mass is 291 g/mol. The first-order chi connectivity index (χ1) is 9.95. The number of rotatable bonds is 7. The lowest BCUT2D eigenvalue weighted by molar-refractivity contribution is -0.121. The van der Waals surface area contributed by atoms with Crippen LogP contribution in [0.1, 0.15) is 37.6 Å². The summed E-state index contributed by atoms with van der Waals surface area (Å²) in [7, 11) is 1.64. The van der Waals surface area contributed by atoms with Crippen molar-refractivity contribution in [3.05, 3.63) is 29.8 Å². The average Bonchev–Trinajstić information content (AvgIpc) is 2.44. The third kappa shape index (κ3) is 5.45. The van der Waals surface area contributed by atoms with Gasteiger partial charge >= 0.3 is 0 Å². The van der Waals surface area contributed by atoms with Crippen LogP contribution in [0.4, 0.5) is 5.69 Å². The zero-order valence-electron chi connectivity index (χ0n) is 13.3. The fraction of sp³-hybridized carbons (Fsp3) is 0.500. The van der Waals surface area contributed by atoms with E-state index in [0.29, 0.717) is 12.1 Å². The molecule has 0 atom stereocenters. The Morgan fingerprint density at radius 2 is 1.90 bits per heavy atom. The molecule has 5 nitrogen and oxygen atoms in total. The van der Waals surface area contributed by atoms with Crippen molar-refractivity contribution in [3.8, 4) is 0 Å². The van der Waals surface area contributed by atoms with Crippen molar-refractivity contribution in [3.63, 3.8) is 0 Å². The first-order valence-corrected chi connectivity index (χ1v) is 7.33. The van der Waals surface area contributed by atoms with E-state index in [4.69, 9.17) is 0 Å². The van der Waals surface area contributed by atoms with Gasteiger partial charge in [0.15, 0.2) is 0 Å². The van der Waals surface area contributed by atoms with Gasteiger partial charge in [0.2, 0.25) is 5.91 Å². The van der Waals surface area contributed by atoms with Crippen molar-refractivity contribution in [2.75, 3.05) is 25.5 Å². The number of nitrogens with one attached hydrogen (secondary N) is 2. The summed E-state index contributed by atoms with van der Waals surface area (Å²) in [6.07, 6.45) is 0.880. The van der Waals surface area contributed by atoms with Gasteiger partial charge in [-0.25, -0.2) is 0 Å². The number of nitrogens with zero attached hydrogens (tertiary/aromatic N) is 1. The van der Waals surface area contributed by atoms with Gasteiger partial charge in [0.25, 0.3) is 5.91 Å². The van der Waals surface area contributed by atoms with Crippen LogP contribution >= 0.6 is 0 Å². The SMILES string of the molecule is CCCNC(=O)CN(C)C(=O)c1ccccc1NC(C)C. The summed E-state index contributed by atoms with van der Waals surface area (Å²) in [4.78, 5) is 25.6. The van der Waals surface area contributed by atoms with Crippen LogP contribution in [0.25, 0.3) is 0 Å². The topological polar surface area (TPSA) is 61.4 Å². The van der Waals surface area contributed by atoms with E-state index in [2.05, 4.69) is 10.6 Å². The fourth-order valence-electron chi connectivity index (χ4n) is 1.92. The van der Waals surface area contributed by atoms with E-state index < -0.39 is 0 Å². The van der Waals surface area contributed by atoms with Gasteiger partial charge in [0.05, 0.1) is 12.1 Å². The summed E-state index contributed by atoms with van der Waals surface area (Å²) in [6, 6.07) is 7.59. The molecule has 0 radical (unpaired) electrons. The second-order valence-corrected chi connectivity index (χ2v) is 5.36. The Balaban J connectivity index is 2.76. The summed E-state index contributed by atoms with van der Waals surface area (Å²) in [5.74, 6) is -0.299. The quantitative estimate of drug-likeness (QED) is 0.809. The molecule has 0 saturated heterocycles. The molecule has 5 heteroatoms. The van der Waals surface area contributed by atoms with Gasteiger partial charge in [0.1, 0.15) is 0 Å². The maximum atomic E-state index is 12.5. The molecule has 0 unspecified atom stereocenters. The van der Waals surface area contributed by atoms with Crippen LogP contribution in [-0.4, -0.2) is 42.9 Å². The van der Waals surface area contributed by atoms with Gasteiger partial charge in [-0.1, -0.05) is 19.1 Å². The van der Waals surface area contributed by atoms with Crippen LogP contribution in [0.3, 0.4) is 0 Å². The Hall–Kier alpha value is -2.04. The molecule has 2 amide bonds. The number of hydrogen-bond donors (Lipinski definition) is 2. The number of carbonyl (C=O) groups excluding carboxylic acids is 2. The van der Waals surface area contributed by atoms with E-state index in [9.17, 15) is 9.59 Å². The molecule has 21 heavy (non-hydrogen) atoms. The molecule has 0 bridgehead atoms. The maximum Gasteiger partial charge on any atom is 0.256 e. The molecular weight excluding hydrogens is 266 g/mol. The molecule has 0 aliphatic heterocycles. The van der Waals surface area contributed by atoms with E-state index in [-0.39, 0.29) is 24.4 Å². The molecule has 0 aliphatic rings. The molecule has 0 heterocycles. The summed E-state index contributed by atoms with van der Waals surface area (Å²) in [6.45, 7) is 6.72. The standard InChI is InChI=1S/C16H25N3O2/c1-5-10-17-15(20)11-19(4)16(21)13-8-6-7-9-14(13)18-12(2)3/h6-9,12,18H,5,10-11H2,1-4H3,(H,17,20). The highest BCUT2D eigenvalue weighted by Crippen LogP contribution is 2.17. The number of benzene rings is 1. The van der Waals surface area contributed by atoms with Gasteiger partial charge in [-0.2, -0.15) is 0 Å². The van der Waals surface area contributed by atoms with E-state index >= 15 is 0 Å². The molecule has 0 aromatic heterocycles. The van der Waals surface area contributed by atoms with Crippen LogP contribution in [-0.2, 0) is 4.79 Å². The molecule has 1 rings (SSSR count). The van der Waals surface area contributed by atoms with Crippen LogP contribution in [0, 0.1) is 0 Å².